The molecule has 0 aromatic heterocycles. The molecule has 1 N–H and O–H groups in total. The van der Waals surface area contributed by atoms with Gasteiger partial charge in [0, 0.05) is 10.9 Å². The third kappa shape index (κ3) is 5.06. The third-order valence-electron chi connectivity index (χ3n) is 3.21. The Morgan fingerprint density at radius 3 is 2.76 bits per heavy atom. The van der Waals surface area contributed by atoms with Crippen molar-refractivity contribution in [2.24, 2.45) is 4.99 Å². The maximum absolute atomic E-state index is 12.2. The largest absolute Gasteiger partial charge is 0.506 e. The molecule has 0 saturated heterocycles. The van der Waals surface area contributed by atoms with E-state index >= 15 is 0 Å². The lowest BCUT2D eigenvalue weighted by atomic mass is 10.1. The van der Waals surface area contributed by atoms with Crippen LogP contribution in [0.25, 0.3) is 6.08 Å². The molecule has 1 aromatic rings. The molecule has 0 atom stereocenters. The summed E-state index contributed by atoms with van der Waals surface area (Å²) in [5.74, 6) is -1.23. The summed E-state index contributed by atoms with van der Waals surface area (Å²) in [5, 5.41) is 10.7. The highest BCUT2D eigenvalue weighted by Gasteiger charge is 2.33. The minimum absolute atomic E-state index is 0.0578. The number of rotatable bonds is 5. The number of nitrogens with zero attached hydrogens (tertiary/aromatic N) is 1. The SMILES string of the molecule is CCCC(=O)N=C1S/C(=C\c2cccc(Br)c2)C(O)=C1C(=O)OCC. The highest BCUT2D eigenvalue weighted by atomic mass is 79.9. The van der Waals surface area contributed by atoms with E-state index in [0.717, 1.165) is 21.8 Å². The zero-order chi connectivity index (χ0) is 18.4. The quantitative estimate of drug-likeness (QED) is 0.698. The fourth-order valence-electron chi connectivity index (χ4n) is 2.12. The van der Waals surface area contributed by atoms with Crippen LogP contribution >= 0.6 is 27.7 Å². The van der Waals surface area contributed by atoms with E-state index in [9.17, 15) is 14.7 Å². The number of aliphatic imine (C=N–C) groups is 1. The molecule has 1 aromatic carbocycles. The van der Waals surface area contributed by atoms with Gasteiger partial charge in [0.1, 0.15) is 16.4 Å². The summed E-state index contributed by atoms with van der Waals surface area (Å²) < 4.78 is 5.88. The third-order valence-corrected chi connectivity index (χ3v) is 4.72. The molecular weight excluding hydrogens is 406 g/mol. The van der Waals surface area contributed by atoms with Gasteiger partial charge in [-0.1, -0.05) is 46.7 Å². The highest BCUT2D eigenvalue weighted by Crippen LogP contribution is 2.39. The van der Waals surface area contributed by atoms with E-state index < -0.39 is 5.97 Å². The van der Waals surface area contributed by atoms with Crippen molar-refractivity contribution in [1.82, 2.24) is 0 Å². The van der Waals surface area contributed by atoms with Gasteiger partial charge in [-0.15, -0.1) is 0 Å². The van der Waals surface area contributed by atoms with E-state index in [4.69, 9.17) is 4.74 Å². The van der Waals surface area contributed by atoms with Crippen molar-refractivity contribution in [2.45, 2.75) is 26.7 Å². The van der Waals surface area contributed by atoms with Crippen molar-refractivity contribution < 1.29 is 19.4 Å². The van der Waals surface area contributed by atoms with Gasteiger partial charge >= 0.3 is 5.97 Å². The van der Waals surface area contributed by atoms with Crippen LogP contribution in [0.3, 0.4) is 0 Å². The van der Waals surface area contributed by atoms with Crippen molar-refractivity contribution in [3.63, 3.8) is 0 Å². The number of carbonyl (C=O) groups is 2. The summed E-state index contributed by atoms with van der Waals surface area (Å²) >= 11 is 4.48. The Labute approximate surface area is 159 Å². The van der Waals surface area contributed by atoms with Crippen molar-refractivity contribution in [1.29, 1.82) is 0 Å². The van der Waals surface area contributed by atoms with Crippen molar-refractivity contribution in [2.75, 3.05) is 6.61 Å². The van der Waals surface area contributed by atoms with Gasteiger partial charge < -0.3 is 9.84 Å². The van der Waals surface area contributed by atoms with Crippen LogP contribution in [0.5, 0.6) is 0 Å². The first-order valence-electron chi connectivity index (χ1n) is 7.84. The second-order valence-corrected chi connectivity index (χ2v) is 7.12. The summed E-state index contributed by atoms with van der Waals surface area (Å²) in [5.41, 5.74) is 0.783. The van der Waals surface area contributed by atoms with Crippen LogP contribution in [0.4, 0.5) is 0 Å². The Hall–Kier alpha value is -1.86. The zero-order valence-corrected chi connectivity index (χ0v) is 16.3. The molecular formula is C18H18BrNO4S. The van der Waals surface area contributed by atoms with Gasteiger partial charge in [-0.2, -0.15) is 0 Å². The Bertz CT molecular complexity index is 783. The van der Waals surface area contributed by atoms with Crippen molar-refractivity contribution in [3.05, 3.63) is 50.5 Å². The van der Waals surface area contributed by atoms with Gasteiger partial charge in [0.2, 0.25) is 5.91 Å². The first kappa shape index (κ1) is 19.5. The molecule has 0 fully saturated rings. The molecule has 0 aliphatic carbocycles. The van der Waals surface area contributed by atoms with Gasteiger partial charge in [-0.25, -0.2) is 9.79 Å². The van der Waals surface area contributed by atoms with E-state index in [2.05, 4.69) is 20.9 Å². The number of aliphatic hydroxyl groups is 1. The number of benzene rings is 1. The Morgan fingerprint density at radius 2 is 2.12 bits per heavy atom. The predicted octanol–water partition coefficient (Wildman–Crippen LogP) is 4.64. The number of aliphatic hydroxyl groups excluding tert-OH is 1. The van der Waals surface area contributed by atoms with Gasteiger partial charge in [0.15, 0.2) is 0 Å². The number of carbonyl (C=O) groups excluding carboxylic acids is 2. The average molecular weight is 424 g/mol. The minimum atomic E-state index is -0.687. The predicted molar refractivity (Wildman–Crippen MR) is 103 cm³/mol. The van der Waals surface area contributed by atoms with E-state index in [1.165, 1.54) is 0 Å². The van der Waals surface area contributed by atoms with Crippen LogP contribution in [-0.2, 0) is 14.3 Å². The number of thioether (sulfide) groups is 1. The highest BCUT2D eigenvalue weighted by molar-refractivity contribution is 9.10. The molecule has 0 spiro atoms. The normalized spacial score (nSPS) is 17.4. The molecule has 5 nitrogen and oxygen atoms in total. The molecule has 2 rings (SSSR count). The van der Waals surface area contributed by atoms with Gasteiger partial charge in [-0.3, -0.25) is 4.79 Å². The summed E-state index contributed by atoms with van der Waals surface area (Å²) in [6.07, 6.45) is 2.67. The van der Waals surface area contributed by atoms with E-state index in [-0.39, 0.29) is 35.3 Å². The molecule has 0 saturated carbocycles. The van der Waals surface area contributed by atoms with Crippen LogP contribution in [0.15, 0.2) is 50.0 Å². The lowest BCUT2D eigenvalue weighted by molar-refractivity contribution is -0.138. The Morgan fingerprint density at radius 1 is 1.36 bits per heavy atom. The Balaban J connectivity index is 2.44. The van der Waals surface area contributed by atoms with Crippen LogP contribution in [0.2, 0.25) is 0 Å². The lowest BCUT2D eigenvalue weighted by Crippen LogP contribution is -2.14. The molecule has 7 heteroatoms. The molecule has 0 bridgehead atoms. The number of amides is 1. The second-order valence-electron chi connectivity index (χ2n) is 5.17. The summed E-state index contributed by atoms with van der Waals surface area (Å²) in [6.45, 7) is 3.72. The summed E-state index contributed by atoms with van der Waals surface area (Å²) in [4.78, 5) is 28.5. The first-order chi connectivity index (χ1) is 12.0. The van der Waals surface area contributed by atoms with Crippen LogP contribution in [0.1, 0.15) is 32.3 Å². The standard InChI is InChI=1S/C18H18BrNO4S/c1-3-6-14(21)20-17-15(18(23)24-4-2)16(22)13(25-17)10-11-7-5-8-12(19)9-11/h5,7-10,22H,3-4,6H2,1-2H3/b13-10-,20-17?. The van der Waals surface area contributed by atoms with Gasteiger partial charge in [0.25, 0.3) is 0 Å². The molecule has 25 heavy (non-hydrogen) atoms. The molecule has 1 amide bonds. The van der Waals surface area contributed by atoms with Gasteiger partial charge in [-0.05, 0) is 37.1 Å². The number of hydrogen-bond acceptors (Lipinski definition) is 5. The maximum atomic E-state index is 12.2. The van der Waals surface area contributed by atoms with Crippen molar-refractivity contribution >= 4 is 50.7 Å². The van der Waals surface area contributed by atoms with Crippen LogP contribution < -0.4 is 0 Å². The Kier molecular flexibility index (Phi) is 7.01. The fraction of sp³-hybridized carbons (Fsp3) is 0.278. The zero-order valence-electron chi connectivity index (χ0n) is 13.9. The van der Waals surface area contributed by atoms with E-state index in [1.54, 1.807) is 13.0 Å². The maximum Gasteiger partial charge on any atom is 0.344 e. The fourth-order valence-corrected chi connectivity index (χ4v) is 3.57. The second kappa shape index (κ2) is 9.01. The van der Waals surface area contributed by atoms with Crippen LogP contribution in [0, 0.1) is 0 Å². The molecule has 0 radical (unpaired) electrons. The number of halogens is 1. The topological polar surface area (TPSA) is 76.0 Å². The molecule has 1 aliphatic rings. The minimum Gasteiger partial charge on any atom is -0.506 e. The van der Waals surface area contributed by atoms with Crippen molar-refractivity contribution in [3.8, 4) is 0 Å². The molecule has 132 valence electrons. The first-order valence-corrected chi connectivity index (χ1v) is 9.45. The number of esters is 1. The van der Waals surface area contributed by atoms with Gasteiger partial charge in [0.05, 0.1) is 11.5 Å². The molecule has 1 heterocycles. The summed E-state index contributed by atoms with van der Waals surface area (Å²) in [6, 6.07) is 7.50. The summed E-state index contributed by atoms with van der Waals surface area (Å²) in [7, 11) is 0. The monoisotopic (exact) mass is 423 g/mol. The van der Waals surface area contributed by atoms with Crippen LogP contribution in [-0.4, -0.2) is 28.6 Å². The van der Waals surface area contributed by atoms with E-state index in [1.807, 2.05) is 31.2 Å². The molecule has 0 unspecified atom stereocenters. The average Bonchev–Trinajstić information content (AvgIpc) is 2.83. The number of ether oxygens (including phenoxy) is 1. The number of hydrogen-bond donors (Lipinski definition) is 1. The van der Waals surface area contributed by atoms with E-state index in [0.29, 0.717) is 11.3 Å². The molecule has 1 aliphatic heterocycles. The smallest absolute Gasteiger partial charge is 0.344 e. The lowest BCUT2D eigenvalue weighted by Gasteiger charge is -2.03.